The van der Waals surface area contributed by atoms with Crippen LogP contribution in [0.5, 0.6) is 0 Å². The molecule has 1 aromatic rings. The minimum atomic E-state index is 0.413. The van der Waals surface area contributed by atoms with Crippen LogP contribution in [-0.4, -0.2) is 19.2 Å². The van der Waals surface area contributed by atoms with Crippen molar-refractivity contribution >= 4 is 0 Å². The summed E-state index contributed by atoms with van der Waals surface area (Å²) in [5.41, 5.74) is 5.60. The molecule has 0 aromatic heterocycles. The minimum absolute atomic E-state index is 0.413. The Labute approximate surface area is 123 Å². The van der Waals surface area contributed by atoms with Crippen molar-refractivity contribution in [3.05, 3.63) is 46.7 Å². The lowest BCUT2D eigenvalue weighted by Gasteiger charge is -2.25. The van der Waals surface area contributed by atoms with Crippen LogP contribution in [-0.2, 0) is 11.2 Å². The van der Waals surface area contributed by atoms with E-state index in [0.717, 1.165) is 38.8 Å². The number of aryl methyl sites for hydroxylation is 2. The van der Waals surface area contributed by atoms with Gasteiger partial charge in [0.15, 0.2) is 0 Å². The highest BCUT2D eigenvalue weighted by Crippen LogP contribution is 2.21. The first-order valence-electron chi connectivity index (χ1n) is 7.80. The van der Waals surface area contributed by atoms with Crippen LogP contribution in [0, 0.1) is 13.8 Å². The van der Waals surface area contributed by atoms with E-state index in [4.69, 9.17) is 4.74 Å². The summed E-state index contributed by atoms with van der Waals surface area (Å²) in [4.78, 5) is 0. The Bertz CT molecular complexity index is 464. The first-order valence-corrected chi connectivity index (χ1v) is 7.80. The van der Waals surface area contributed by atoms with Gasteiger partial charge in [0.2, 0.25) is 0 Å². The van der Waals surface area contributed by atoms with Crippen molar-refractivity contribution in [2.24, 2.45) is 0 Å². The van der Waals surface area contributed by atoms with Crippen molar-refractivity contribution in [2.45, 2.75) is 52.5 Å². The van der Waals surface area contributed by atoms with Crippen molar-refractivity contribution in [2.75, 3.05) is 13.2 Å². The van der Waals surface area contributed by atoms with Gasteiger partial charge in [0.1, 0.15) is 0 Å². The van der Waals surface area contributed by atoms with Crippen molar-refractivity contribution in [1.82, 2.24) is 5.32 Å². The summed E-state index contributed by atoms with van der Waals surface area (Å²) in [5, 5.41) is 3.69. The summed E-state index contributed by atoms with van der Waals surface area (Å²) in [5.74, 6) is 0. The SMILES string of the molecule is CCCNC(Cc1cc(C)ccc1C)C1=COCCC1. The van der Waals surface area contributed by atoms with E-state index in [1.165, 1.54) is 22.3 Å². The molecule has 110 valence electrons. The zero-order chi connectivity index (χ0) is 14.4. The number of ether oxygens (including phenoxy) is 1. The van der Waals surface area contributed by atoms with Crippen LogP contribution < -0.4 is 5.32 Å². The average Bonchev–Trinajstić information content (AvgIpc) is 2.48. The van der Waals surface area contributed by atoms with Gasteiger partial charge in [-0.25, -0.2) is 0 Å². The van der Waals surface area contributed by atoms with E-state index in [1.54, 1.807) is 0 Å². The highest BCUT2D eigenvalue weighted by molar-refractivity contribution is 5.32. The van der Waals surface area contributed by atoms with Gasteiger partial charge < -0.3 is 10.1 Å². The number of rotatable bonds is 6. The van der Waals surface area contributed by atoms with Gasteiger partial charge in [-0.3, -0.25) is 0 Å². The minimum Gasteiger partial charge on any atom is -0.501 e. The maximum atomic E-state index is 5.53. The van der Waals surface area contributed by atoms with Crippen LogP contribution in [0.3, 0.4) is 0 Å². The van der Waals surface area contributed by atoms with Crippen LogP contribution >= 0.6 is 0 Å². The Morgan fingerprint density at radius 2 is 2.15 bits per heavy atom. The molecule has 1 unspecified atom stereocenters. The zero-order valence-electron chi connectivity index (χ0n) is 13.0. The molecule has 2 nitrogen and oxygen atoms in total. The topological polar surface area (TPSA) is 21.3 Å². The second-order valence-electron chi connectivity index (χ2n) is 5.81. The molecule has 0 aliphatic carbocycles. The summed E-state index contributed by atoms with van der Waals surface area (Å²) in [7, 11) is 0. The second kappa shape index (κ2) is 7.49. The van der Waals surface area contributed by atoms with Gasteiger partial charge in [0.25, 0.3) is 0 Å². The lowest BCUT2D eigenvalue weighted by atomic mass is 9.92. The first-order chi connectivity index (χ1) is 9.70. The third-order valence-corrected chi connectivity index (χ3v) is 3.98. The van der Waals surface area contributed by atoms with Crippen molar-refractivity contribution < 1.29 is 4.74 Å². The molecular formula is C18H27NO. The molecule has 0 amide bonds. The summed E-state index contributed by atoms with van der Waals surface area (Å²) in [6.07, 6.45) is 6.51. The number of nitrogens with one attached hydrogen (secondary N) is 1. The van der Waals surface area contributed by atoms with Crippen LogP contribution in [0.2, 0.25) is 0 Å². The first kappa shape index (κ1) is 15.1. The molecule has 0 radical (unpaired) electrons. The fourth-order valence-corrected chi connectivity index (χ4v) is 2.73. The van der Waals surface area contributed by atoms with Crippen molar-refractivity contribution in [3.63, 3.8) is 0 Å². The molecule has 1 atom stereocenters. The average molecular weight is 273 g/mol. The third kappa shape index (κ3) is 4.11. The predicted molar refractivity (Wildman–Crippen MR) is 85.0 cm³/mol. The van der Waals surface area contributed by atoms with Gasteiger partial charge in [0.05, 0.1) is 12.9 Å². The van der Waals surface area contributed by atoms with Gasteiger partial charge in [-0.05, 0) is 62.8 Å². The standard InChI is InChI=1S/C18H27NO/c1-4-9-19-18(16-6-5-10-20-13-16)12-17-11-14(2)7-8-15(17)3/h7-8,11,13,18-19H,4-6,9-10,12H2,1-3H3. The molecule has 0 saturated carbocycles. The molecule has 1 aromatic carbocycles. The fourth-order valence-electron chi connectivity index (χ4n) is 2.73. The van der Waals surface area contributed by atoms with Crippen LogP contribution in [0.1, 0.15) is 42.9 Å². The molecule has 20 heavy (non-hydrogen) atoms. The molecule has 2 rings (SSSR count). The molecular weight excluding hydrogens is 246 g/mol. The number of benzene rings is 1. The monoisotopic (exact) mass is 273 g/mol. The van der Waals surface area contributed by atoms with Crippen molar-refractivity contribution in [3.8, 4) is 0 Å². The molecule has 0 saturated heterocycles. The van der Waals surface area contributed by atoms with E-state index in [2.05, 4.69) is 44.3 Å². The van der Waals surface area contributed by atoms with Gasteiger partial charge in [-0.2, -0.15) is 0 Å². The molecule has 1 heterocycles. The van der Waals surface area contributed by atoms with Crippen LogP contribution in [0.15, 0.2) is 30.0 Å². The third-order valence-electron chi connectivity index (χ3n) is 3.98. The predicted octanol–water partition coefficient (Wildman–Crippen LogP) is 3.91. The lowest BCUT2D eigenvalue weighted by molar-refractivity contribution is 0.219. The Morgan fingerprint density at radius 1 is 1.30 bits per heavy atom. The normalized spacial score (nSPS) is 16.4. The lowest BCUT2D eigenvalue weighted by Crippen LogP contribution is -2.34. The molecule has 2 heteroatoms. The van der Waals surface area contributed by atoms with Gasteiger partial charge in [0, 0.05) is 6.04 Å². The maximum Gasteiger partial charge on any atom is 0.0876 e. The number of hydrogen-bond acceptors (Lipinski definition) is 2. The Hall–Kier alpha value is -1.28. The molecule has 1 aliphatic heterocycles. The Kier molecular flexibility index (Phi) is 5.66. The summed E-state index contributed by atoms with van der Waals surface area (Å²) in [6.45, 7) is 8.52. The smallest absolute Gasteiger partial charge is 0.0876 e. The van der Waals surface area contributed by atoms with Crippen LogP contribution in [0.25, 0.3) is 0 Å². The van der Waals surface area contributed by atoms with Gasteiger partial charge in [-0.15, -0.1) is 0 Å². The highest BCUT2D eigenvalue weighted by Gasteiger charge is 2.17. The number of hydrogen-bond donors (Lipinski definition) is 1. The second-order valence-corrected chi connectivity index (χ2v) is 5.81. The molecule has 0 fully saturated rings. The van der Waals surface area contributed by atoms with E-state index in [-0.39, 0.29) is 0 Å². The van der Waals surface area contributed by atoms with Crippen molar-refractivity contribution in [1.29, 1.82) is 0 Å². The maximum absolute atomic E-state index is 5.53. The largest absolute Gasteiger partial charge is 0.501 e. The van der Waals surface area contributed by atoms with E-state index in [9.17, 15) is 0 Å². The zero-order valence-corrected chi connectivity index (χ0v) is 13.0. The Morgan fingerprint density at radius 3 is 2.85 bits per heavy atom. The van der Waals surface area contributed by atoms with E-state index < -0.39 is 0 Å². The quantitative estimate of drug-likeness (QED) is 0.848. The molecule has 0 bridgehead atoms. The summed E-state index contributed by atoms with van der Waals surface area (Å²) < 4.78 is 5.53. The van der Waals surface area contributed by atoms with E-state index in [1.807, 2.05) is 6.26 Å². The van der Waals surface area contributed by atoms with Gasteiger partial charge in [-0.1, -0.05) is 30.7 Å². The summed E-state index contributed by atoms with van der Waals surface area (Å²) >= 11 is 0. The highest BCUT2D eigenvalue weighted by atomic mass is 16.5. The van der Waals surface area contributed by atoms with E-state index in [0.29, 0.717) is 6.04 Å². The van der Waals surface area contributed by atoms with Gasteiger partial charge >= 0.3 is 0 Å². The molecule has 0 spiro atoms. The molecule has 1 aliphatic rings. The van der Waals surface area contributed by atoms with E-state index >= 15 is 0 Å². The fraction of sp³-hybridized carbons (Fsp3) is 0.556. The summed E-state index contributed by atoms with van der Waals surface area (Å²) in [6, 6.07) is 7.15. The molecule has 1 N–H and O–H groups in total. The Balaban J connectivity index is 2.14. The van der Waals surface area contributed by atoms with Crippen LogP contribution in [0.4, 0.5) is 0 Å².